The summed E-state index contributed by atoms with van der Waals surface area (Å²) in [6.07, 6.45) is 10.9. The van der Waals surface area contributed by atoms with Gasteiger partial charge >= 0.3 is 5.97 Å². The van der Waals surface area contributed by atoms with Crippen LogP contribution in [0.5, 0.6) is 0 Å². The molecule has 41 heavy (non-hydrogen) atoms. The highest BCUT2D eigenvalue weighted by atomic mass is 28.4. The number of Topliss-reactive ketones (excluding diaryl/α,β-unsaturated/α-hetero) is 1. The maximum Gasteiger partial charge on any atom is 0.302 e. The van der Waals surface area contributed by atoms with Crippen LogP contribution in [0.2, 0.25) is 18.1 Å². The average Bonchev–Trinajstić information content (AvgIpc) is 2.86. The van der Waals surface area contributed by atoms with Gasteiger partial charge in [0.2, 0.25) is 0 Å². The van der Waals surface area contributed by atoms with E-state index in [1.54, 1.807) is 0 Å². The standard InChI is InChI=1S/C36H64O4Si/c1-24(2)25(3)13-14-26(4)31(19-22-39-27(5)37)36(10)21-18-32-30(33(36)38)16-15-28-23-29(17-20-35(28,32)9)40-41(11,12)34(6,7)8/h24,26,28-32H,3,13-23H2,1-2,4-12H3/t26-,28+,29+,30-,31-,32+,35+,36-/m1/s1. The maximum atomic E-state index is 14.6. The van der Waals surface area contributed by atoms with Gasteiger partial charge in [0.15, 0.2) is 8.32 Å². The van der Waals surface area contributed by atoms with E-state index in [2.05, 4.69) is 75.1 Å². The molecule has 0 aromatic rings. The van der Waals surface area contributed by atoms with Crippen molar-refractivity contribution in [3.05, 3.63) is 12.2 Å². The van der Waals surface area contributed by atoms with Gasteiger partial charge in [-0.2, -0.15) is 0 Å². The number of carbonyl (C=O) groups excluding carboxylic acids is 2. The number of ketones is 1. The highest BCUT2D eigenvalue weighted by molar-refractivity contribution is 6.74. The Labute approximate surface area is 254 Å². The molecule has 4 nitrogen and oxygen atoms in total. The molecule has 0 spiro atoms. The first kappa shape index (κ1) is 34.5. The van der Waals surface area contributed by atoms with Crippen molar-refractivity contribution < 1.29 is 18.8 Å². The highest BCUT2D eigenvalue weighted by Gasteiger charge is 2.59. The number of esters is 1. The number of fused-ring (bicyclic) bond motifs is 3. The lowest BCUT2D eigenvalue weighted by Gasteiger charge is -2.59. The zero-order valence-corrected chi connectivity index (χ0v) is 29.7. The molecule has 0 aromatic heterocycles. The van der Waals surface area contributed by atoms with Gasteiger partial charge in [0.1, 0.15) is 5.78 Å². The molecule has 3 fully saturated rings. The summed E-state index contributed by atoms with van der Waals surface area (Å²) in [7, 11) is -1.79. The Hall–Kier alpha value is -0.943. The van der Waals surface area contributed by atoms with Crippen LogP contribution >= 0.6 is 0 Å². The van der Waals surface area contributed by atoms with Crippen LogP contribution in [0, 0.1) is 46.3 Å². The fourth-order valence-corrected chi connectivity index (χ4v) is 10.1. The van der Waals surface area contributed by atoms with E-state index in [-0.39, 0.29) is 33.7 Å². The molecule has 0 saturated heterocycles. The van der Waals surface area contributed by atoms with Crippen molar-refractivity contribution >= 4 is 20.1 Å². The van der Waals surface area contributed by atoms with Gasteiger partial charge in [0.25, 0.3) is 0 Å². The van der Waals surface area contributed by atoms with E-state index in [0.717, 1.165) is 51.4 Å². The maximum absolute atomic E-state index is 14.6. The second-order valence-electron chi connectivity index (χ2n) is 16.7. The number of hydrogen-bond donors (Lipinski definition) is 0. The fraction of sp³-hybridized carbons (Fsp3) is 0.889. The third kappa shape index (κ3) is 7.41. The monoisotopic (exact) mass is 588 g/mol. The average molecular weight is 589 g/mol. The van der Waals surface area contributed by atoms with E-state index in [0.29, 0.717) is 42.2 Å². The summed E-state index contributed by atoms with van der Waals surface area (Å²) in [5.74, 6) is 2.66. The number of ether oxygens (including phenoxy) is 1. The van der Waals surface area contributed by atoms with E-state index in [1.807, 2.05) is 0 Å². The van der Waals surface area contributed by atoms with Gasteiger partial charge in [-0.3, -0.25) is 9.59 Å². The van der Waals surface area contributed by atoms with Crippen LogP contribution in [-0.2, 0) is 18.8 Å². The molecule has 0 amide bonds. The summed E-state index contributed by atoms with van der Waals surface area (Å²) in [4.78, 5) is 26.2. The molecule has 3 rings (SSSR count). The van der Waals surface area contributed by atoms with Gasteiger partial charge < -0.3 is 9.16 Å². The molecule has 3 aliphatic rings. The lowest BCUT2D eigenvalue weighted by Crippen LogP contribution is -2.57. The van der Waals surface area contributed by atoms with Crippen molar-refractivity contribution in [2.45, 2.75) is 151 Å². The van der Waals surface area contributed by atoms with Crippen molar-refractivity contribution in [1.82, 2.24) is 0 Å². The van der Waals surface area contributed by atoms with Gasteiger partial charge in [-0.05, 0) is 117 Å². The molecule has 3 aliphatic carbocycles. The summed E-state index contributed by atoms with van der Waals surface area (Å²) in [5.41, 5.74) is 1.17. The van der Waals surface area contributed by atoms with Gasteiger partial charge in [-0.25, -0.2) is 0 Å². The van der Waals surface area contributed by atoms with Crippen molar-refractivity contribution in [2.75, 3.05) is 6.61 Å². The van der Waals surface area contributed by atoms with Crippen LogP contribution in [-0.4, -0.2) is 32.8 Å². The van der Waals surface area contributed by atoms with E-state index < -0.39 is 8.32 Å². The predicted octanol–water partition coefficient (Wildman–Crippen LogP) is 9.78. The summed E-state index contributed by atoms with van der Waals surface area (Å²) in [5, 5.41) is 0.233. The number of allylic oxidation sites excluding steroid dienone is 1. The van der Waals surface area contributed by atoms with Gasteiger partial charge in [0.05, 0.1) is 6.61 Å². The van der Waals surface area contributed by atoms with Crippen LogP contribution in [0.4, 0.5) is 0 Å². The summed E-state index contributed by atoms with van der Waals surface area (Å²) < 4.78 is 12.4. The molecule has 0 aromatic carbocycles. The molecule has 0 N–H and O–H groups in total. The summed E-state index contributed by atoms with van der Waals surface area (Å²) >= 11 is 0. The quantitative estimate of drug-likeness (QED) is 0.137. The lowest BCUT2D eigenvalue weighted by molar-refractivity contribution is -0.159. The summed E-state index contributed by atoms with van der Waals surface area (Å²) in [6, 6.07) is 0. The Bertz CT molecular complexity index is 948. The van der Waals surface area contributed by atoms with E-state index in [4.69, 9.17) is 9.16 Å². The van der Waals surface area contributed by atoms with Gasteiger partial charge in [-0.1, -0.05) is 67.5 Å². The Morgan fingerprint density at radius 3 is 2.29 bits per heavy atom. The zero-order valence-electron chi connectivity index (χ0n) is 28.7. The highest BCUT2D eigenvalue weighted by Crippen LogP contribution is 2.62. The first-order chi connectivity index (χ1) is 18.8. The Kier molecular flexibility index (Phi) is 10.9. The minimum atomic E-state index is -1.79. The molecular formula is C36H64O4Si. The number of rotatable bonds is 11. The van der Waals surface area contributed by atoms with Crippen LogP contribution in [0.1, 0.15) is 127 Å². The molecule has 0 aliphatic heterocycles. The first-order valence-electron chi connectivity index (χ1n) is 16.9. The second-order valence-corrected chi connectivity index (χ2v) is 21.4. The SMILES string of the molecule is C=C(CC[C@@H](C)[C@@H](CCOC(C)=O)[C@@]1(C)CC[C@H]2[C@@H](CC[C@H]3C[C@@H](O[Si](C)(C)C(C)(C)C)CC[C@@]32C)C1=O)C(C)C. The Morgan fingerprint density at radius 1 is 1.05 bits per heavy atom. The second kappa shape index (κ2) is 13.0. The minimum absolute atomic E-state index is 0.168. The summed E-state index contributed by atoms with van der Waals surface area (Å²) in [6.45, 7) is 29.5. The van der Waals surface area contributed by atoms with Crippen molar-refractivity contribution in [3.63, 3.8) is 0 Å². The minimum Gasteiger partial charge on any atom is -0.466 e. The van der Waals surface area contributed by atoms with Crippen LogP contribution < -0.4 is 0 Å². The Morgan fingerprint density at radius 2 is 1.71 bits per heavy atom. The molecule has 0 bridgehead atoms. The molecule has 236 valence electrons. The van der Waals surface area contributed by atoms with Gasteiger partial charge in [0, 0.05) is 24.4 Å². The fourth-order valence-electron chi connectivity index (χ4n) is 8.74. The number of carbonyl (C=O) groups is 2. The molecule has 0 heterocycles. The first-order valence-corrected chi connectivity index (χ1v) is 19.8. The molecule has 3 saturated carbocycles. The third-order valence-electron chi connectivity index (χ3n) is 12.8. The topological polar surface area (TPSA) is 52.6 Å². The van der Waals surface area contributed by atoms with Crippen LogP contribution in [0.3, 0.4) is 0 Å². The van der Waals surface area contributed by atoms with Crippen LogP contribution in [0.15, 0.2) is 12.2 Å². The van der Waals surface area contributed by atoms with E-state index >= 15 is 0 Å². The number of hydrogen-bond acceptors (Lipinski definition) is 4. The van der Waals surface area contributed by atoms with Crippen LogP contribution in [0.25, 0.3) is 0 Å². The Balaban J connectivity index is 1.76. The largest absolute Gasteiger partial charge is 0.466 e. The van der Waals surface area contributed by atoms with Crippen molar-refractivity contribution in [3.8, 4) is 0 Å². The van der Waals surface area contributed by atoms with Crippen molar-refractivity contribution in [1.29, 1.82) is 0 Å². The molecule has 0 unspecified atom stereocenters. The van der Waals surface area contributed by atoms with Crippen molar-refractivity contribution in [2.24, 2.45) is 46.3 Å². The van der Waals surface area contributed by atoms with Gasteiger partial charge in [-0.15, -0.1) is 0 Å². The normalized spacial score (nSPS) is 34.0. The van der Waals surface area contributed by atoms with E-state index in [1.165, 1.54) is 25.3 Å². The molecule has 0 radical (unpaired) electrons. The third-order valence-corrected chi connectivity index (χ3v) is 17.3. The molecule has 8 atom stereocenters. The molecule has 5 heteroatoms. The zero-order chi connectivity index (χ0) is 31.0. The lowest BCUT2D eigenvalue weighted by atomic mass is 9.45. The smallest absolute Gasteiger partial charge is 0.302 e. The molecular weight excluding hydrogens is 524 g/mol. The predicted molar refractivity (Wildman–Crippen MR) is 173 cm³/mol. The van der Waals surface area contributed by atoms with E-state index in [9.17, 15) is 9.59 Å².